The molecule has 1 aromatic heterocycles. The Bertz CT molecular complexity index is 590. The van der Waals surface area contributed by atoms with Crippen molar-refractivity contribution < 1.29 is 14.0 Å². The van der Waals surface area contributed by atoms with Crippen LogP contribution in [0.3, 0.4) is 0 Å². The van der Waals surface area contributed by atoms with E-state index in [0.29, 0.717) is 23.2 Å². The van der Waals surface area contributed by atoms with E-state index in [1.807, 2.05) is 18.2 Å². The summed E-state index contributed by atoms with van der Waals surface area (Å²) in [6, 6.07) is 5.90. The van der Waals surface area contributed by atoms with Gasteiger partial charge in [-0.15, -0.1) is 12.4 Å². The quantitative estimate of drug-likeness (QED) is 0.706. The number of ether oxygens (including phenoxy) is 2. The topological polar surface area (TPSA) is 69.4 Å². The first-order chi connectivity index (χ1) is 10.7. The Hall–Kier alpha value is -1.79. The summed E-state index contributed by atoms with van der Waals surface area (Å²) in [5.41, 5.74) is 1.16. The van der Waals surface area contributed by atoms with Gasteiger partial charge in [0.05, 0.1) is 7.11 Å². The molecule has 0 unspecified atom stereocenters. The van der Waals surface area contributed by atoms with Gasteiger partial charge in [-0.3, -0.25) is 0 Å². The van der Waals surface area contributed by atoms with Crippen LogP contribution in [0.5, 0.6) is 11.5 Å². The molecule has 0 amide bonds. The normalized spacial score (nSPS) is 10.2. The van der Waals surface area contributed by atoms with Crippen LogP contribution in [0.15, 0.2) is 22.7 Å². The highest BCUT2D eigenvalue weighted by molar-refractivity contribution is 5.85. The lowest BCUT2D eigenvalue weighted by atomic mass is 10.2. The fourth-order valence-corrected chi connectivity index (χ4v) is 2.01. The number of unbranched alkanes of at least 4 members (excludes halogenated alkanes) is 1. The second-order valence-corrected chi connectivity index (χ2v) is 5.04. The zero-order valence-electron chi connectivity index (χ0n) is 13.8. The Morgan fingerprint density at radius 3 is 2.74 bits per heavy atom. The van der Waals surface area contributed by atoms with E-state index in [2.05, 4.69) is 22.4 Å². The molecule has 0 radical (unpaired) electrons. The molecule has 1 N–H and O–H groups in total. The number of aryl methyl sites for hydroxylation is 1. The standard InChI is InChI=1S/C16H23N3O3.ClH/c1-4-5-8-17-10-13-6-7-14(15(9-13)20-3)21-11-16-18-12(2)19-22-16;/h6-7,9,17H,4-5,8,10-11H2,1-3H3;1H. The van der Waals surface area contributed by atoms with E-state index in [-0.39, 0.29) is 19.0 Å². The van der Waals surface area contributed by atoms with Crippen molar-refractivity contribution in [2.45, 2.75) is 39.8 Å². The average molecular weight is 342 g/mol. The van der Waals surface area contributed by atoms with Gasteiger partial charge in [0.1, 0.15) is 0 Å². The van der Waals surface area contributed by atoms with Crippen LogP contribution in [0.4, 0.5) is 0 Å². The van der Waals surface area contributed by atoms with Gasteiger partial charge in [0, 0.05) is 6.54 Å². The molecule has 0 bridgehead atoms. The fourth-order valence-electron chi connectivity index (χ4n) is 2.01. The maximum atomic E-state index is 5.68. The van der Waals surface area contributed by atoms with Crippen LogP contribution in [0, 0.1) is 6.92 Å². The molecule has 0 saturated carbocycles. The number of halogens is 1. The van der Waals surface area contributed by atoms with Gasteiger partial charge in [0.25, 0.3) is 5.89 Å². The molecule has 0 aliphatic rings. The van der Waals surface area contributed by atoms with E-state index in [4.69, 9.17) is 14.0 Å². The van der Waals surface area contributed by atoms with Gasteiger partial charge in [-0.1, -0.05) is 24.6 Å². The van der Waals surface area contributed by atoms with Gasteiger partial charge < -0.3 is 19.3 Å². The highest BCUT2D eigenvalue weighted by Gasteiger charge is 2.09. The second-order valence-electron chi connectivity index (χ2n) is 5.04. The zero-order valence-corrected chi connectivity index (χ0v) is 14.6. The maximum absolute atomic E-state index is 5.68. The number of hydrogen-bond donors (Lipinski definition) is 1. The van der Waals surface area contributed by atoms with Crippen molar-refractivity contribution in [3.8, 4) is 11.5 Å². The number of nitrogens with zero attached hydrogens (tertiary/aromatic N) is 2. The lowest BCUT2D eigenvalue weighted by molar-refractivity contribution is 0.233. The molecule has 0 aliphatic heterocycles. The molecule has 0 atom stereocenters. The number of hydrogen-bond acceptors (Lipinski definition) is 6. The average Bonchev–Trinajstić information content (AvgIpc) is 2.95. The Kier molecular flexibility index (Phi) is 8.43. The minimum Gasteiger partial charge on any atom is -0.493 e. The first-order valence-corrected chi connectivity index (χ1v) is 7.52. The monoisotopic (exact) mass is 341 g/mol. The Morgan fingerprint density at radius 2 is 2.09 bits per heavy atom. The molecule has 1 heterocycles. The molecule has 2 rings (SSSR count). The van der Waals surface area contributed by atoms with E-state index >= 15 is 0 Å². The minimum atomic E-state index is 0. The lowest BCUT2D eigenvalue weighted by Crippen LogP contribution is -2.14. The smallest absolute Gasteiger partial charge is 0.264 e. The third-order valence-corrected chi connectivity index (χ3v) is 3.19. The molecule has 2 aromatic rings. The van der Waals surface area contributed by atoms with Crippen molar-refractivity contribution in [2.75, 3.05) is 13.7 Å². The molecule has 0 fully saturated rings. The fraction of sp³-hybridized carbons (Fsp3) is 0.500. The molecule has 0 saturated heterocycles. The van der Waals surface area contributed by atoms with Crippen LogP contribution in [0.2, 0.25) is 0 Å². The van der Waals surface area contributed by atoms with Crippen LogP contribution in [-0.4, -0.2) is 23.8 Å². The van der Waals surface area contributed by atoms with E-state index in [1.54, 1.807) is 14.0 Å². The van der Waals surface area contributed by atoms with Crippen molar-refractivity contribution in [3.05, 3.63) is 35.5 Å². The Morgan fingerprint density at radius 1 is 1.26 bits per heavy atom. The Labute approximate surface area is 143 Å². The third kappa shape index (κ3) is 6.08. The molecule has 0 aliphatic carbocycles. The van der Waals surface area contributed by atoms with Crippen molar-refractivity contribution in [3.63, 3.8) is 0 Å². The molecule has 23 heavy (non-hydrogen) atoms. The van der Waals surface area contributed by atoms with Gasteiger partial charge in [-0.2, -0.15) is 4.98 Å². The summed E-state index contributed by atoms with van der Waals surface area (Å²) in [4.78, 5) is 4.10. The van der Waals surface area contributed by atoms with E-state index in [9.17, 15) is 0 Å². The summed E-state index contributed by atoms with van der Waals surface area (Å²) < 4.78 is 16.1. The van der Waals surface area contributed by atoms with Crippen molar-refractivity contribution in [2.24, 2.45) is 0 Å². The van der Waals surface area contributed by atoms with Crippen LogP contribution < -0.4 is 14.8 Å². The van der Waals surface area contributed by atoms with Crippen molar-refractivity contribution >= 4 is 12.4 Å². The summed E-state index contributed by atoms with van der Waals surface area (Å²) >= 11 is 0. The summed E-state index contributed by atoms with van der Waals surface area (Å²) in [5, 5.41) is 7.13. The molecule has 0 spiro atoms. The van der Waals surface area contributed by atoms with Crippen LogP contribution >= 0.6 is 12.4 Å². The van der Waals surface area contributed by atoms with Crippen molar-refractivity contribution in [1.82, 2.24) is 15.5 Å². The van der Waals surface area contributed by atoms with E-state index in [1.165, 1.54) is 12.8 Å². The molecule has 7 heteroatoms. The molecular weight excluding hydrogens is 318 g/mol. The highest BCUT2D eigenvalue weighted by Crippen LogP contribution is 2.28. The van der Waals surface area contributed by atoms with Gasteiger partial charge in [-0.25, -0.2) is 0 Å². The molecule has 128 valence electrons. The van der Waals surface area contributed by atoms with Crippen LogP contribution in [0.1, 0.15) is 37.0 Å². The van der Waals surface area contributed by atoms with Crippen LogP contribution in [0.25, 0.3) is 0 Å². The van der Waals surface area contributed by atoms with Crippen molar-refractivity contribution in [1.29, 1.82) is 0 Å². The summed E-state index contributed by atoms with van der Waals surface area (Å²) in [6.07, 6.45) is 2.38. The Balaban J connectivity index is 0.00000264. The van der Waals surface area contributed by atoms with E-state index in [0.717, 1.165) is 18.7 Å². The minimum absolute atomic E-state index is 0. The largest absolute Gasteiger partial charge is 0.493 e. The zero-order chi connectivity index (χ0) is 15.8. The van der Waals surface area contributed by atoms with E-state index < -0.39 is 0 Å². The highest BCUT2D eigenvalue weighted by atomic mass is 35.5. The number of benzene rings is 1. The predicted molar refractivity (Wildman–Crippen MR) is 90.2 cm³/mol. The number of methoxy groups -OCH3 is 1. The van der Waals surface area contributed by atoms with Gasteiger partial charge in [-0.05, 0) is 37.6 Å². The maximum Gasteiger partial charge on any atom is 0.264 e. The molecular formula is C16H24ClN3O3. The van der Waals surface area contributed by atoms with Gasteiger partial charge >= 0.3 is 0 Å². The second kappa shape index (κ2) is 10.1. The molecule has 6 nitrogen and oxygen atoms in total. The summed E-state index contributed by atoms with van der Waals surface area (Å²) in [7, 11) is 1.63. The number of nitrogens with one attached hydrogen (secondary N) is 1. The third-order valence-electron chi connectivity index (χ3n) is 3.19. The van der Waals surface area contributed by atoms with Gasteiger partial charge in [0.15, 0.2) is 23.9 Å². The number of aromatic nitrogens is 2. The summed E-state index contributed by atoms with van der Waals surface area (Å²) in [5.74, 6) is 2.41. The lowest BCUT2D eigenvalue weighted by Gasteiger charge is -2.11. The summed E-state index contributed by atoms with van der Waals surface area (Å²) in [6.45, 7) is 6.02. The van der Waals surface area contributed by atoms with Crippen LogP contribution in [-0.2, 0) is 13.2 Å². The van der Waals surface area contributed by atoms with Gasteiger partial charge in [0.2, 0.25) is 0 Å². The SMILES string of the molecule is CCCCNCc1ccc(OCc2nc(C)no2)c(OC)c1.Cl. The number of rotatable bonds is 9. The molecule has 1 aromatic carbocycles. The first kappa shape index (κ1) is 19.3. The predicted octanol–water partition coefficient (Wildman–Crippen LogP) is 3.28. The first-order valence-electron chi connectivity index (χ1n) is 7.52.